The molecule has 0 saturated carbocycles. The van der Waals surface area contributed by atoms with Crippen molar-refractivity contribution in [3.63, 3.8) is 0 Å². The maximum Gasteiger partial charge on any atom is 0.313 e. The number of nitrogens with zero attached hydrogens (tertiary/aromatic N) is 2. The van der Waals surface area contributed by atoms with Crippen molar-refractivity contribution in [1.29, 1.82) is 0 Å². The Bertz CT molecular complexity index is 903. The Morgan fingerprint density at radius 2 is 1.76 bits per heavy atom. The summed E-state index contributed by atoms with van der Waals surface area (Å²) in [6.45, 7) is 6.06. The van der Waals surface area contributed by atoms with Crippen molar-refractivity contribution >= 4 is 17.8 Å². The number of aliphatic hydroxyl groups is 1. The van der Waals surface area contributed by atoms with E-state index in [0.717, 1.165) is 57.8 Å². The summed E-state index contributed by atoms with van der Waals surface area (Å²) in [7, 11) is 0. The summed E-state index contributed by atoms with van der Waals surface area (Å²) in [6, 6.07) is -0.805. The summed E-state index contributed by atoms with van der Waals surface area (Å²) in [5, 5.41) is 9.12. The Hall–Kier alpha value is -2.19. The van der Waals surface area contributed by atoms with E-state index in [1.807, 2.05) is 30.1 Å². The minimum atomic E-state index is -1.21. The SMILES string of the molecule is CCCCN1CC=C[C@]23O[C@]4(CC)/C=C\CCCCOC(=O)[C@@H]4[C@H]2C(=O)N(CCCCCCO)C3C1=O. The van der Waals surface area contributed by atoms with Crippen molar-refractivity contribution in [1.82, 2.24) is 9.80 Å². The quantitative estimate of drug-likeness (QED) is 0.272. The molecule has 4 rings (SSSR count). The third-order valence-electron chi connectivity index (χ3n) is 8.56. The topological polar surface area (TPSA) is 96.4 Å². The van der Waals surface area contributed by atoms with Gasteiger partial charge in [-0.25, -0.2) is 0 Å². The average molecular weight is 517 g/mol. The molecular formula is C29H44N2O6. The molecule has 1 unspecified atom stereocenters. The smallest absolute Gasteiger partial charge is 0.313 e. The second kappa shape index (κ2) is 12.1. The zero-order valence-electron chi connectivity index (χ0n) is 22.5. The first-order valence-corrected chi connectivity index (χ1v) is 14.4. The summed E-state index contributed by atoms with van der Waals surface area (Å²) >= 11 is 0. The number of fused-ring (bicyclic) bond motifs is 2. The lowest BCUT2D eigenvalue weighted by Gasteiger charge is -2.38. The molecule has 4 heterocycles. The van der Waals surface area contributed by atoms with E-state index in [9.17, 15) is 14.4 Å². The number of aliphatic hydroxyl groups excluding tert-OH is 1. The van der Waals surface area contributed by atoms with E-state index in [0.29, 0.717) is 32.7 Å². The fourth-order valence-electron chi connectivity index (χ4n) is 6.62. The standard InChI is InChI=1S/C29H44N2O6/c1-3-5-17-30-18-14-16-29-22(25(33)31(24(29)26(30)34)19-11-7-8-12-20-32)23-27(35)36-21-13-9-6-10-15-28(23,4-2)37-29/h10,14-16,22-24,32H,3-9,11-13,17-21H2,1-2H3/b15-10-/t22-,23-,24?,28+,29-/m0/s1. The zero-order valence-corrected chi connectivity index (χ0v) is 22.5. The molecule has 2 saturated heterocycles. The summed E-state index contributed by atoms with van der Waals surface area (Å²) in [6.07, 6.45) is 16.0. The van der Waals surface area contributed by atoms with E-state index in [2.05, 4.69) is 13.0 Å². The highest BCUT2D eigenvalue weighted by Crippen LogP contribution is 2.58. The Morgan fingerprint density at radius 3 is 2.51 bits per heavy atom. The van der Waals surface area contributed by atoms with Gasteiger partial charge in [0.1, 0.15) is 23.2 Å². The molecular weight excluding hydrogens is 472 g/mol. The summed E-state index contributed by atoms with van der Waals surface area (Å²) in [5.41, 5.74) is -2.21. The molecule has 0 aromatic heterocycles. The predicted molar refractivity (Wildman–Crippen MR) is 139 cm³/mol. The van der Waals surface area contributed by atoms with Crippen molar-refractivity contribution in [3.8, 4) is 0 Å². The van der Waals surface area contributed by atoms with Crippen LogP contribution in [0.3, 0.4) is 0 Å². The number of carbonyl (C=O) groups is 3. The molecule has 206 valence electrons. The lowest BCUT2D eigenvalue weighted by Crippen LogP contribution is -2.56. The van der Waals surface area contributed by atoms with Crippen LogP contribution in [0.4, 0.5) is 0 Å². The molecule has 0 aliphatic carbocycles. The van der Waals surface area contributed by atoms with Crippen LogP contribution in [0.2, 0.25) is 0 Å². The molecule has 1 N–H and O–H groups in total. The lowest BCUT2D eigenvalue weighted by molar-refractivity contribution is -0.161. The van der Waals surface area contributed by atoms with Gasteiger partial charge in [-0.3, -0.25) is 14.4 Å². The highest BCUT2D eigenvalue weighted by Gasteiger charge is 2.75. The number of hydrogen-bond acceptors (Lipinski definition) is 6. The maximum atomic E-state index is 14.2. The molecule has 2 amide bonds. The van der Waals surface area contributed by atoms with Gasteiger partial charge >= 0.3 is 5.97 Å². The summed E-state index contributed by atoms with van der Waals surface area (Å²) < 4.78 is 12.7. The van der Waals surface area contributed by atoms with Gasteiger partial charge in [0.05, 0.1) is 12.5 Å². The van der Waals surface area contributed by atoms with Gasteiger partial charge in [-0.2, -0.15) is 0 Å². The molecule has 0 bridgehead atoms. The Kier molecular flexibility index (Phi) is 9.11. The monoisotopic (exact) mass is 516 g/mol. The van der Waals surface area contributed by atoms with E-state index in [1.54, 1.807) is 4.90 Å². The molecule has 1 spiro atoms. The number of esters is 1. The highest BCUT2D eigenvalue weighted by atomic mass is 16.6. The van der Waals surface area contributed by atoms with Crippen molar-refractivity contribution < 1.29 is 29.0 Å². The first-order chi connectivity index (χ1) is 18.0. The molecule has 0 aromatic rings. The molecule has 0 aromatic carbocycles. The van der Waals surface area contributed by atoms with Crippen molar-refractivity contribution in [2.75, 3.05) is 32.8 Å². The second-order valence-corrected chi connectivity index (χ2v) is 10.9. The maximum absolute atomic E-state index is 14.2. The summed E-state index contributed by atoms with van der Waals surface area (Å²) in [5.74, 6) is -2.30. The number of carbonyl (C=O) groups excluding carboxylic acids is 3. The fourth-order valence-corrected chi connectivity index (χ4v) is 6.62. The number of allylic oxidation sites excluding steroid dienone is 1. The summed E-state index contributed by atoms with van der Waals surface area (Å²) in [4.78, 5) is 45.5. The number of amides is 2. The number of cyclic esters (lactones) is 1. The largest absolute Gasteiger partial charge is 0.465 e. The van der Waals surface area contributed by atoms with E-state index in [1.165, 1.54) is 0 Å². The molecule has 5 atom stereocenters. The predicted octanol–water partition coefficient (Wildman–Crippen LogP) is 3.38. The Balaban J connectivity index is 1.76. The normalized spacial score (nSPS) is 34.6. The van der Waals surface area contributed by atoms with Gasteiger partial charge in [-0.05, 0) is 44.9 Å². The first kappa shape index (κ1) is 27.8. The number of rotatable bonds is 10. The Morgan fingerprint density at radius 1 is 0.946 bits per heavy atom. The minimum Gasteiger partial charge on any atom is -0.465 e. The third-order valence-corrected chi connectivity index (χ3v) is 8.56. The van der Waals surface area contributed by atoms with Crippen LogP contribution in [0.25, 0.3) is 0 Å². The van der Waals surface area contributed by atoms with Gasteiger partial charge in [0.15, 0.2) is 0 Å². The van der Waals surface area contributed by atoms with Crippen LogP contribution in [0.5, 0.6) is 0 Å². The van der Waals surface area contributed by atoms with Crippen molar-refractivity contribution in [3.05, 3.63) is 24.3 Å². The minimum absolute atomic E-state index is 0.100. The van der Waals surface area contributed by atoms with E-state index < -0.39 is 35.0 Å². The van der Waals surface area contributed by atoms with Gasteiger partial charge in [0.25, 0.3) is 0 Å². The van der Waals surface area contributed by atoms with Crippen LogP contribution in [-0.4, -0.2) is 82.8 Å². The molecule has 2 fully saturated rings. The molecule has 4 aliphatic rings. The molecule has 37 heavy (non-hydrogen) atoms. The van der Waals surface area contributed by atoms with Gasteiger partial charge in [-0.1, -0.05) is 57.4 Å². The van der Waals surface area contributed by atoms with Crippen LogP contribution < -0.4 is 0 Å². The van der Waals surface area contributed by atoms with Gasteiger partial charge in [-0.15, -0.1) is 0 Å². The van der Waals surface area contributed by atoms with Crippen LogP contribution in [0, 0.1) is 11.8 Å². The molecule has 0 radical (unpaired) electrons. The first-order valence-electron chi connectivity index (χ1n) is 14.4. The highest BCUT2D eigenvalue weighted by molar-refractivity contribution is 5.99. The third kappa shape index (κ3) is 5.11. The van der Waals surface area contributed by atoms with Gasteiger partial charge in [0, 0.05) is 26.2 Å². The van der Waals surface area contributed by atoms with E-state index in [-0.39, 0.29) is 18.4 Å². The fraction of sp³-hybridized carbons (Fsp3) is 0.759. The number of unbranched alkanes of at least 4 members (excludes halogenated alkanes) is 4. The van der Waals surface area contributed by atoms with Crippen LogP contribution in [-0.2, 0) is 23.9 Å². The number of likely N-dealkylation sites (tertiary alicyclic amines) is 1. The van der Waals surface area contributed by atoms with E-state index >= 15 is 0 Å². The van der Waals surface area contributed by atoms with Crippen molar-refractivity contribution in [2.24, 2.45) is 11.8 Å². The van der Waals surface area contributed by atoms with Crippen LogP contribution >= 0.6 is 0 Å². The Labute approximate surface area is 221 Å². The number of ether oxygens (including phenoxy) is 2. The zero-order chi connectivity index (χ0) is 26.5. The van der Waals surface area contributed by atoms with Crippen molar-refractivity contribution in [2.45, 2.75) is 95.3 Å². The molecule has 4 aliphatic heterocycles. The average Bonchev–Trinajstić information content (AvgIpc) is 3.25. The second-order valence-electron chi connectivity index (χ2n) is 10.9. The lowest BCUT2D eigenvalue weighted by atomic mass is 9.73. The molecule has 8 nitrogen and oxygen atoms in total. The van der Waals surface area contributed by atoms with Gasteiger partial charge < -0.3 is 24.4 Å². The van der Waals surface area contributed by atoms with Gasteiger partial charge in [0.2, 0.25) is 11.8 Å². The van der Waals surface area contributed by atoms with E-state index in [4.69, 9.17) is 14.6 Å². The molecule has 8 heteroatoms. The van der Waals surface area contributed by atoms with Crippen LogP contribution in [0.1, 0.15) is 78.1 Å². The van der Waals surface area contributed by atoms with Crippen LogP contribution in [0.15, 0.2) is 24.3 Å². The number of hydrogen-bond donors (Lipinski definition) is 1.